The Morgan fingerprint density at radius 1 is 1.50 bits per heavy atom. The summed E-state index contributed by atoms with van der Waals surface area (Å²) in [6.45, 7) is 0. The molecule has 6 heavy (non-hydrogen) atoms. The Kier molecular flexibility index (Phi) is 2.66. The first kappa shape index (κ1) is 5.17. The average molecular weight is 136 g/mol. The van der Waals surface area contributed by atoms with Crippen LogP contribution in [0.5, 0.6) is 0 Å². The lowest BCUT2D eigenvalue weighted by atomic mass is 10.8. The van der Waals surface area contributed by atoms with Crippen LogP contribution in [0.4, 0.5) is 0 Å². The van der Waals surface area contributed by atoms with Gasteiger partial charge >= 0.3 is 0 Å². The molecule has 0 fully saturated rings. The van der Waals surface area contributed by atoms with E-state index in [2.05, 4.69) is 11.9 Å². The molecule has 0 aromatic heterocycles. The van der Waals surface area contributed by atoms with Gasteiger partial charge in [0.05, 0.1) is 0 Å². The summed E-state index contributed by atoms with van der Waals surface area (Å²) in [6, 6.07) is 0. The lowest BCUT2D eigenvalue weighted by Crippen LogP contribution is -1.58. The van der Waals surface area contributed by atoms with E-state index in [-0.39, 0.29) is 0 Å². The van der Waals surface area contributed by atoms with Crippen LogP contribution in [0.25, 0.3) is 0 Å². The minimum atomic E-state index is 1.16. The SMILES string of the molecule is C1=CPPPC1. The third kappa shape index (κ3) is 1.65. The summed E-state index contributed by atoms with van der Waals surface area (Å²) < 4.78 is 0. The molecule has 1 heterocycles. The summed E-state index contributed by atoms with van der Waals surface area (Å²) in [7, 11) is 3.69. The van der Waals surface area contributed by atoms with E-state index >= 15 is 0 Å². The van der Waals surface area contributed by atoms with E-state index in [9.17, 15) is 0 Å². The number of allylic oxidation sites excluding steroid dienone is 1. The molecule has 0 bridgehead atoms. The zero-order chi connectivity index (χ0) is 4.24. The summed E-state index contributed by atoms with van der Waals surface area (Å²) in [4.78, 5) is 0. The lowest BCUT2D eigenvalue weighted by Gasteiger charge is -1.98. The van der Waals surface area contributed by atoms with Gasteiger partial charge in [0, 0.05) is 0 Å². The van der Waals surface area contributed by atoms with E-state index in [1.165, 1.54) is 22.4 Å². The minimum absolute atomic E-state index is 1.16. The predicted octanol–water partition coefficient (Wildman–Crippen LogP) is 2.38. The molecule has 0 saturated carbocycles. The smallest absolute Gasteiger partial charge is 0.0129 e. The summed E-state index contributed by atoms with van der Waals surface area (Å²) in [5, 5.41) is 0. The molecule has 1 aliphatic heterocycles. The molecule has 3 heteroatoms. The zero-order valence-corrected chi connectivity index (χ0v) is 6.36. The molecule has 3 unspecified atom stereocenters. The van der Waals surface area contributed by atoms with Crippen LogP contribution in [0.1, 0.15) is 0 Å². The zero-order valence-electron chi connectivity index (χ0n) is 3.36. The van der Waals surface area contributed by atoms with Gasteiger partial charge < -0.3 is 0 Å². The van der Waals surface area contributed by atoms with Crippen LogP contribution >= 0.6 is 24.5 Å². The topological polar surface area (TPSA) is 0 Å². The average Bonchev–Trinajstić information content (AvgIpc) is 1.72. The van der Waals surface area contributed by atoms with Gasteiger partial charge in [-0.05, 0) is 6.16 Å². The highest BCUT2D eigenvalue weighted by Gasteiger charge is 1.85. The van der Waals surface area contributed by atoms with Gasteiger partial charge in [-0.15, -0.1) is 0 Å². The summed E-state index contributed by atoms with van der Waals surface area (Å²) in [5.41, 5.74) is 0. The molecule has 0 radical (unpaired) electrons. The largest absolute Gasteiger partial charge is 0.0908 e. The van der Waals surface area contributed by atoms with E-state index in [0.717, 1.165) is 8.27 Å². The Balaban J connectivity index is 2.26. The predicted molar refractivity (Wildman–Crippen MR) is 39.0 cm³/mol. The van der Waals surface area contributed by atoms with Gasteiger partial charge in [-0.2, -0.15) is 0 Å². The molecular formula is C3H7P3. The fraction of sp³-hybridized carbons (Fsp3) is 0.333. The normalized spacial score (nSPS) is 33.3. The van der Waals surface area contributed by atoms with Crippen molar-refractivity contribution in [2.24, 2.45) is 0 Å². The molecule has 34 valence electrons. The Hall–Kier alpha value is 1.03. The first-order valence-corrected chi connectivity index (χ1v) is 7.17. The molecule has 0 N–H and O–H groups in total. The van der Waals surface area contributed by atoms with Crippen molar-refractivity contribution in [1.29, 1.82) is 0 Å². The molecular weight excluding hydrogens is 129 g/mol. The van der Waals surface area contributed by atoms with E-state index in [4.69, 9.17) is 0 Å². The summed E-state index contributed by atoms with van der Waals surface area (Å²) >= 11 is 0. The first-order chi connectivity index (χ1) is 3.00. The van der Waals surface area contributed by atoms with Crippen LogP contribution in [-0.4, -0.2) is 6.16 Å². The molecule has 0 aromatic rings. The van der Waals surface area contributed by atoms with Crippen LogP contribution in [0, 0.1) is 0 Å². The van der Waals surface area contributed by atoms with Gasteiger partial charge in [0.25, 0.3) is 0 Å². The van der Waals surface area contributed by atoms with Gasteiger partial charge in [0.1, 0.15) is 0 Å². The fourth-order valence-electron chi connectivity index (χ4n) is 0.321. The van der Waals surface area contributed by atoms with Gasteiger partial charge in [-0.1, -0.05) is 36.4 Å². The number of rotatable bonds is 0. The second-order valence-electron chi connectivity index (χ2n) is 1.05. The molecule has 0 spiro atoms. The van der Waals surface area contributed by atoms with Crippen LogP contribution < -0.4 is 0 Å². The Morgan fingerprint density at radius 2 is 2.50 bits per heavy atom. The van der Waals surface area contributed by atoms with Gasteiger partial charge in [-0.25, -0.2) is 0 Å². The monoisotopic (exact) mass is 136 g/mol. The van der Waals surface area contributed by atoms with E-state index < -0.39 is 0 Å². The molecule has 0 aromatic carbocycles. The summed E-state index contributed by atoms with van der Waals surface area (Å²) in [6.07, 6.45) is 3.67. The quantitative estimate of drug-likeness (QED) is 0.448. The third-order valence-electron chi connectivity index (χ3n) is 0.582. The number of hydrogen-bond donors (Lipinski definition) is 0. The second-order valence-corrected chi connectivity index (χ2v) is 7.61. The molecule has 1 aliphatic rings. The highest BCUT2D eigenvalue weighted by atomic mass is 32.4. The van der Waals surface area contributed by atoms with Crippen molar-refractivity contribution in [1.82, 2.24) is 0 Å². The maximum atomic E-state index is 2.31. The van der Waals surface area contributed by atoms with Crippen molar-refractivity contribution >= 4 is 24.5 Å². The van der Waals surface area contributed by atoms with Crippen LogP contribution in [0.3, 0.4) is 0 Å². The van der Waals surface area contributed by atoms with E-state index in [1.807, 2.05) is 0 Å². The van der Waals surface area contributed by atoms with E-state index in [1.54, 1.807) is 0 Å². The summed E-state index contributed by atoms with van der Waals surface area (Å²) in [5.74, 6) is 2.31. The lowest BCUT2D eigenvalue weighted by molar-refractivity contribution is 1.81. The van der Waals surface area contributed by atoms with Crippen molar-refractivity contribution in [2.75, 3.05) is 6.16 Å². The Bertz CT molecular complexity index is 51.1. The van der Waals surface area contributed by atoms with Crippen molar-refractivity contribution in [3.63, 3.8) is 0 Å². The van der Waals surface area contributed by atoms with E-state index in [0.29, 0.717) is 0 Å². The highest BCUT2D eigenvalue weighted by Crippen LogP contribution is 2.55. The maximum Gasteiger partial charge on any atom is -0.0129 e. The second kappa shape index (κ2) is 3.09. The molecule has 0 saturated heterocycles. The fourth-order valence-corrected chi connectivity index (χ4v) is 5.47. The van der Waals surface area contributed by atoms with Crippen molar-refractivity contribution in [2.45, 2.75) is 0 Å². The van der Waals surface area contributed by atoms with Gasteiger partial charge in [0.15, 0.2) is 0 Å². The van der Waals surface area contributed by atoms with Crippen LogP contribution in [0.2, 0.25) is 0 Å². The Morgan fingerprint density at radius 3 is 2.67 bits per heavy atom. The van der Waals surface area contributed by atoms with Crippen LogP contribution in [0.15, 0.2) is 11.9 Å². The standard InChI is InChI=1S/C3H7P3/c1-2-4-6-5-3-1/h1-2,4-6H,3H2. The first-order valence-electron chi connectivity index (χ1n) is 1.88. The Labute approximate surface area is 43.3 Å². The molecule has 0 aliphatic carbocycles. The van der Waals surface area contributed by atoms with Gasteiger partial charge in [0.2, 0.25) is 0 Å². The minimum Gasteiger partial charge on any atom is -0.0908 e. The highest BCUT2D eigenvalue weighted by molar-refractivity contribution is 8.44. The van der Waals surface area contributed by atoms with Gasteiger partial charge in [-0.3, -0.25) is 0 Å². The maximum absolute atomic E-state index is 2.31. The third-order valence-corrected chi connectivity index (χ3v) is 6.71. The van der Waals surface area contributed by atoms with Crippen molar-refractivity contribution < 1.29 is 0 Å². The van der Waals surface area contributed by atoms with Crippen molar-refractivity contribution in [3.05, 3.63) is 11.9 Å². The molecule has 0 amide bonds. The molecule has 0 nitrogen and oxygen atoms in total. The molecule has 1 rings (SSSR count). The van der Waals surface area contributed by atoms with Crippen molar-refractivity contribution in [3.8, 4) is 0 Å². The van der Waals surface area contributed by atoms with Crippen LogP contribution in [-0.2, 0) is 0 Å². The molecule has 3 atom stereocenters. The number of hydrogen-bond acceptors (Lipinski definition) is 0.